The second kappa shape index (κ2) is 2.00. The minimum atomic E-state index is 0.688. The number of hydrogen-bond donors (Lipinski definition) is 0. The summed E-state index contributed by atoms with van der Waals surface area (Å²) in [5.41, 5.74) is 0. The number of hydrogen-bond acceptors (Lipinski definition) is 0. The molecule has 52 valence electrons. The molecule has 2 rings (SSSR count). The van der Waals surface area contributed by atoms with Gasteiger partial charge in [0.15, 0.2) is 0 Å². The fourth-order valence-electron chi connectivity index (χ4n) is 2.69. The molecule has 0 aromatic heterocycles. The van der Waals surface area contributed by atoms with Crippen LogP contribution in [0.4, 0.5) is 0 Å². The summed E-state index contributed by atoms with van der Waals surface area (Å²) in [5.74, 6) is 2.85. The standard InChI is InChI=1S/C9H16/c1-7-5-8-3-2-4-9(8)6-7/h7-9H,2-6H2,1H3/t8-,9-/m1/s1/i1D. The molecule has 2 atom stereocenters. The molecule has 0 aromatic carbocycles. The first-order valence-electron chi connectivity index (χ1n) is 4.90. The van der Waals surface area contributed by atoms with Gasteiger partial charge in [0, 0.05) is 1.37 Å². The summed E-state index contributed by atoms with van der Waals surface area (Å²) in [6.45, 7) is 0.688. The van der Waals surface area contributed by atoms with Crippen LogP contribution in [0.1, 0.15) is 40.4 Å². The highest BCUT2D eigenvalue weighted by Gasteiger charge is 2.34. The first kappa shape index (κ1) is 4.76. The molecule has 2 aliphatic carbocycles. The van der Waals surface area contributed by atoms with Gasteiger partial charge in [0.1, 0.15) is 0 Å². The van der Waals surface area contributed by atoms with Crippen LogP contribution in [0.25, 0.3) is 0 Å². The quantitative estimate of drug-likeness (QED) is 0.467. The highest BCUT2D eigenvalue weighted by molar-refractivity contribution is 4.85. The Balaban J connectivity index is 1.94. The van der Waals surface area contributed by atoms with Crippen LogP contribution in [0.2, 0.25) is 0 Å². The van der Waals surface area contributed by atoms with Gasteiger partial charge in [-0.1, -0.05) is 26.2 Å². The molecule has 0 amide bonds. The minimum Gasteiger partial charge on any atom is -0.0625 e. The van der Waals surface area contributed by atoms with Gasteiger partial charge >= 0.3 is 0 Å². The lowest BCUT2D eigenvalue weighted by molar-refractivity contribution is 0.457. The molecule has 0 N–H and O–H groups in total. The summed E-state index contributed by atoms with van der Waals surface area (Å²) in [7, 11) is 0. The third kappa shape index (κ3) is 0.889. The van der Waals surface area contributed by atoms with E-state index in [1.54, 1.807) is 0 Å². The van der Waals surface area contributed by atoms with E-state index in [0.29, 0.717) is 6.90 Å². The fraction of sp³-hybridized carbons (Fsp3) is 1.00. The van der Waals surface area contributed by atoms with Crippen molar-refractivity contribution in [1.82, 2.24) is 0 Å². The Morgan fingerprint density at radius 1 is 1.22 bits per heavy atom. The first-order chi connectivity index (χ1) is 4.90. The molecule has 2 fully saturated rings. The molecule has 0 aliphatic heterocycles. The molecule has 2 saturated carbocycles. The van der Waals surface area contributed by atoms with Gasteiger partial charge in [-0.05, 0) is 30.6 Å². The second-order valence-corrected chi connectivity index (χ2v) is 3.79. The predicted molar refractivity (Wildman–Crippen MR) is 39.2 cm³/mol. The van der Waals surface area contributed by atoms with Crippen molar-refractivity contribution >= 4 is 0 Å². The van der Waals surface area contributed by atoms with Gasteiger partial charge in [0.2, 0.25) is 0 Å². The van der Waals surface area contributed by atoms with E-state index >= 15 is 0 Å². The molecule has 0 saturated heterocycles. The van der Waals surface area contributed by atoms with Crippen LogP contribution in [0.3, 0.4) is 0 Å². The maximum Gasteiger partial charge on any atom is 0.0233 e. The normalized spacial score (nSPS) is 45.1. The topological polar surface area (TPSA) is 0 Å². The molecule has 9 heavy (non-hydrogen) atoms. The SMILES string of the molecule is [2H]CC1C[C@H]2CCC[C@@H]2C1. The summed E-state index contributed by atoms with van der Waals surface area (Å²) in [6, 6.07) is 0. The summed E-state index contributed by atoms with van der Waals surface area (Å²) < 4.78 is 7.28. The molecular weight excluding hydrogens is 108 g/mol. The third-order valence-electron chi connectivity index (χ3n) is 3.09. The second-order valence-electron chi connectivity index (χ2n) is 3.79. The van der Waals surface area contributed by atoms with E-state index in [1.807, 2.05) is 0 Å². The maximum atomic E-state index is 7.28. The van der Waals surface area contributed by atoms with E-state index in [0.717, 1.165) is 17.8 Å². The van der Waals surface area contributed by atoms with Crippen LogP contribution >= 0.6 is 0 Å². The van der Waals surface area contributed by atoms with Gasteiger partial charge in [0.05, 0.1) is 0 Å². The average molecular weight is 125 g/mol. The molecule has 2 aliphatic rings. The number of fused-ring (bicyclic) bond motifs is 1. The Labute approximate surface area is 59.1 Å². The lowest BCUT2D eigenvalue weighted by Gasteiger charge is -2.04. The zero-order chi connectivity index (χ0) is 6.97. The molecule has 0 heteroatoms. The van der Waals surface area contributed by atoms with Crippen LogP contribution in [0.15, 0.2) is 0 Å². The van der Waals surface area contributed by atoms with Crippen molar-refractivity contribution in [3.05, 3.63) is 0 Å². The zero-order valence-electron chi connectivity index (χ0n) is 6.97. The minimum absolute atomic E-state index is 0.688. The summed E-state index contributed by atoms with van der Waals surface area (Å²) in [6.07, 6.45) is 7.19. The summed E-state index contributed by atoms with van der Waals surface area (Å²) in [5, 5.41) is 0. The largest absolute Gasteiger partial charge is 0.0625 e. The molecule has 0 aromatic rings. The highest BCUT2D eigenvalue weighted by atomic mass is 14.4. The highest BCUT2D eigenvalue weighted by Crippen LogP contribution is 2.46. The van der Waals surface area contributed by atoms with E-state index in [9.17, 15) is 0 Å². The van der Waals surface area contributed by atoms with Crippen LogP contribution < -0.4 is 0 Å². The zero-order valence-corrected chi connectivity index (χ0v) is 5.97. The molecule has 0 unspecified atom stereocenters. The lowest BCUT2D eigenvalue weighted by atomic mass is 10.0. The van der Waals surface area contributed by atoms with Crippen molar-refractivity contribution in [1.29, 1.82) is 0 Å². The fourth-order valence-corrected chi connectivity index (χ4v) is 2.69. The predicted octanol–water partition coefficient (Wildman–Crippen LogP) is 2.83. The Hall–Kier alpha value is 0. The first-order valence-corrected chi connectivity index (χ1v) is 4.19. The lowest BCUT2D eigenvalue weighted by Crippen LogP contribution is -1.95. The van der Waals surface area contributed by atoms with Crippen molar-refractivity contribution in [2.75, 3.05) is 0 Å². The Morgan fingerprint density at radius 2 is 1.89 bits per heavy atom. The maximum absolute atomic E-state index is 7.28. The van der Waals surface area contributed by atoms with E-state index in [1.165, 1.54) is 32.1 Å². The van der Waals surface area contributed by atoms with Gasteiger partial charge in [-0.15, -0.1) is 0 Å². The van der Waals surface area contributed by atoms with Crippen molar-refractivity contribution in [2.45, 2.75) is 39.0 Å². The Morgan fingerprint density at radius 3 is 2.44 bits per heavy atom. The molecule has 0 spiro atoms. The van der Waals surface area contributed by atoms with Crippen LogP contribution in [0.5, 0.6) is 0 Å². The molecular formula is C9H16. The van der Waals surface area contributed by atoms with Crippen LogP contribution in [0, 0.1) is 17.8 Å². The van der Waals surface area contributed by atoms with Gasteiger partial charge < -0.3 is 0 Å². The Kier molecular flexibility index (Phi) is 1.06. The summed E-state index contributed by atoms with van der Waals surface area (Å²) >= 11 is 0. The number of rotatable bonds is 0. The van der Waals surface area contributed by atoms with Crippen molar-refractivity contribution in [3.63, 3.8) is 0 Å². The van der Waals surface area contributed by atoms with Crippen molar-refractivity contribution in [3.8, 4) is 0 Å². The average Bonchev–Trinajstić information content (AvgIpc) is 2.42. The molecule has 0 bridgehead atoms. The van der Waals surface area contributed by atoms with Crippen molar-refractivity contribution < 1.29 is 1.37 Å². The Bertz CT molecular complexity index is 110. The molecule has 0 radical (unpaired) electrons. The third-order valence-corrected chi connectivity index (χ3v) is 3.09. The van der Waals surface area contributed by atoms with Gasteiger partial charge in [-0.25, -0.2) is 0 Å². The van der Waals surface area contributed by atoms with Crippen molar-refractivity contribution in [2.24, 2.45) is 17.8 Å². The van der Waals surface area contributed by atoms with Gasteiger partial charge in [-0.3, -0.25) is 0 Å². The van der Waals surface area contributed by atoms with E-state index < -0.39 is 0 Å². The van der Waals surface area contributed by atoms with E-state index in [4.69, 9.17) is 1.37 Å². The molecule has 0 nitrogen and oxygen atoms in total. The van der Waals surface area contributed by atoms with Crippen LogP contribution in [-0.2, 0) is 0 Å². The van der Waals surface area contributed by atoms with Gasteiger partial charge in [-0.2, -0.15) is 0 Å². The van der Waals surface area contributed by atoms with E-state index in [2.05, 4.69) is 0 Å². The molecule has 0 heterocycles. The smallest absolute Gasteiger partial charge is 0.0233 e. The van der Waals surface area contributed by atoms with Crippen LogP contribution in [-0.4, -0.2) is 0 Å². The van der Waals surface area contributed by atoms with Gasteiger partial charge in [0.25, 0.3) is 0 Å². The monoisotopic (exact) mass is 125 g/mol. The van der Waals surface area contributed by atoms with E-state index in [-0.39, 0.29) is 0 Å². The summed E-state index contributed by atoms with van der Waals surface area (Å²) in [4.78, 5) is 0.